The maximum absolute atomic E-state index is 12.5. The summed E-state index contributed by atoms with van der Waals surface area (Å²) in [5.41, 5.74) is 1.41. The largest absolute Gasteiger partial charge is 0.490 e. The van der Waals surface area contributed by atoms with Crippen molar-refractivity contribution in [1.29, 1.82) is 0 Å². The van der Waals surface area contributed by atoms with Gasteiger partial charge in [-0.05, 0) is 42.8 Å². The number of benzene rings is 2. The summed E-state index contributed by atoms with van der Waals surface area (Å²) >= 11 is 5.81. The lowest BCUT2D eigenvalue weighted by Gasteiger charge is -2.29. The monoisotopic (exact) mass is 429 g/mol. The van der Waals surface area contributed by atoms with Gasteiger partial charge in [-0.1, -0.05) is 23.7 Å². The predicted molar refractivity (Wildman–Crippen MR) is 116 cm³/mol. The minimum absolute atomic E-state index is 0.106. The molecule has 2 N–H and O–H groups in total. The number of hydrogen-bond donors (Lipinski definition) is 2. The van der Waals surface area contributed by atoms with E-state index in [1.807, 2.05) is 24.3 Å². The van der Waals surface area contributed by atoms with E-state index in [1.54, 1.807) is 29.2 Å². The van der Waals surface area contributed by atoms with Crippen LogP contribution in [0.25, 0.3) is 0 Å². The lowest BCUT2D eigenvalue weighted by Crippen LogP contribution is -2.38. The third-order valence-corrected chi connectivity index (χ3v) is 4.88. The van der Waals surface area contributed by atoms with Gasteiger partial charge < -0.3 is 20.3 Å². The van der Waals surface area contributed by atoms with Gasteiger partial charge in [-0.2, -0.15) is 0 Å². The second kappa shape index (κ2) is 10.6. The summed E-state index contributed by atoms with van der Waals surface area (Å²) in [6, 6.07) is 14.2. The third-order valence-electron chi connectivity index (χ3n) is 4.63. The molecule has 30 heavy (non-hydrogen) atoms. The number of anilines is 2. The molecule has 0 radical (unpaired) electrons. The fourth-order valence-corrected chi connectivity index (χ4v) is 3.23. The van der Waals surface area contributed by atoms with Crippen LogP contribution in [-0.4, -0.2) is 37.4 Å². The highest BCUT2D eigenvalue weighted by atomic mass is 35.5. The van der Waals surface area contributed by atoms with Crippen LogP contribution in [0.4, 0.5) is 11.4 Å². The van der Waals surface area contributed by atoms with Crippen molar-refractivity contribution in [3.05, 3.63) is 53.6 Å². The van der Waals surface area contributed by atoms with E-state index in [0.29, 0.717) is 42.6 Å². The van der Waals surface area contributed by atoms with Crippen molar-refractivity contribution in [2.45, 2.75) is 25.7 Å². The Labute approximate surface area is 180 Å². The molecule has 0 atom stereocenters. The van der Waals surface area contributed by atoms with Gasteiger partial charge in [0.25, 0.3) is 0 Å². The van der Waals surface area contributed by atoms with Crippen LogP contribution in [0.3, 0.4) is 0 Å². The molecule has 3 amide bonds. The molecule has 0 saturated carbocycles. The molecule has 1 heterocycles. The molecule has 1 aliphatic heterocycles. The van der Waals surface area contributed by atoms with Crippen molar-refractivity contribution in [2.75, 3.05) is 29.9 Å². The predicted octanol–water partition coefficient (Wildman–Crippen LogP) is 3.38. The number of fused-ring (bicyclic) bond motifs is 1. The number of carbonyl (C=O) groups excluding carboxylic acids is 3. The summed E-state index contributed by atoms with van der Waals surface area (Å²) in [4.78, 5) is 38.1. The number of halogens is 1. The van der Waals surface area contributed by atoms with E-state index < -0.39 is 0 Å². The van der Waals surface area contributed by atoms with Gasteiger partial charge in [0.1, 0.15) is 12.4 Å². The first-order valence-corrected chi connectivity index (χ1v) is 10.2. The highest BCUT2D eigenvalue weighted by Gasteiger charge is 2.23. The standard InChI is InChI=1S/C22H24ClN3O4/c23-16-7-9-17(10-8-16)25-21(28)6-3-13-24-20(27)11-12-22(29)26-14-15-30-19-5-2-1-4-18(19)26/h1-2,4-5,7-10H,3,6,11-15H2,(H,24,27)(H,25,28). The zero-order chi connectivity index (χ0) is 21.3. The van der Waals surface area contributed by atoms with Crippen LogP contribution >= 0.6 is 11.6 Å². The molecule has 7 nitrogen and oxygen atoms in total. The van der Waals surface area contributed by atoms with Crippen LogP contribution in [0.5, 0.6) is 5.75 Å². The van der Waals surface area contributed by atoms with Gasteiger partial charge in [0, 0.05) is 36.5 Å². The molecule has 2 aromatic carbocycles. The zero-order valence-electron chi connectivity index (χ0n) is 16.5. The highest BCUT2D eigenvalue weighted by Crippen LogP contribution is 2.31. The summed E-state index contributed by atoms with van der Waals surface area (Å²) in [6.45, 7) is 1.29. The van der Waals surface area contributed by atoms with E-state index in [9.17, 15) is 14.4 Å². The first-order valence-electron chi connectivity index (χ1n) is 9.87. The Morgan fingerprint density at radius 2 is 1.73 bits per heavy atom. The Kier molecular flexibility index (Phi) is 7.68. The summed E-state index contributed by atoms with van der Waals surface area (Å²) in [7, 11) is 0. The topological polar surface area (TPSA) is 87.7 Å². The van der Waals surface area contributed by atoms with E-state index in [1.165, 1.54) is 0 Å². The fourth-order valence-electron chi connectivity index (χ4n) is 3.11. The molecule has 0 saturated heterocycles. The minimum atomic E-state index is -0.206. The Bertz CT molecular complexity index is 902. The molecule has 158 valence electrons. The van der Waals surface area contributed by atoms with Crippen molar-refractivity contribution in [1.82, 2.24) is 5.32 Å². The van der Waals surface area contributed by atoms with E-state index in [-0.39, 0.29) is 37.0 Å². The summed E-state index contributed by atoms with van der Waals surface area (Å²) in [6.07, 6.45) is 1.02. The summed E-state index contributed by atoms with van der Waals surface area (Å²) in [5.74, 6) is 0.234. The quantitative estimate of drug-likeness (QED) is 0.630. The van der Waals surface area contributed by atoms with E-state index >= 15 is 0 Å². The number of rotatable bonds is 8. The number of carbonyl (C=O) groups is 3. The van der Waals surface area contributed by atoms with Gasteiger partial charge in [-0.3, -0.25) is 14.4 Å². The van der Waals surface area contributed by atoms with E-state index in [4.69, 9.17) is 16.3 Å². The Morgan fingerprint density at radius 1 is 0.967 bits per heavy atom. The second-order valence-corrected chi connectivity index (χ2v) is 7.31. The van der Waals surface area contributed by atoms with Gasteiger partial charge in [0.2, 0.25) is 17.7 Å². The van der Waals surface area contributed by atoms with Gasteiger partial charge in [-0.25, -0.2) is 0 Å². The number of amides is 3. The SMILES string of the molecule is O=C(CCC(=O)N1CCOc2ccccc21)NCCCC(=O)Nc1ccc(Cl)cc1. The maximum atomic E-state index is 12.5. The van der Waals surface area contributed by atoms with Crippen molar-refractivity contribution < 1.29 is 19.1 Å². The van der Waals surface area contributed by atoms with Crippen LogP contribution in [0.1, 0.15) is 25.7 Å². The van der Waals surface area contributed by atoms with Crippen molar-refractivity contribution in [3.8, 4) is 5.75 Å². The van der Waals surface area contributed by atoms with Gasteiger partial charge >= 0.3 is 0 Å². The molecule has 0 aromatic heterocycles. The molecule has 3 rings (SSSR count). The highest BCUT2D eigenvalue weighted by molar-refractivity contribution is 6.30. The molecule has 0 fully saturated rings. The van der Waals surface area contributed by atoms with Crippen molar-refractivity contribution >= 4 is 40.7 Å². The molecule has 2 aromatic rings. The molecule has 0 spiro atoms. The zero-order valence-corrected chi connectivity index (χ0v) is 17.3. The second-order valence-electron chi connectivity index (χ2n) is 6.87. The van der Waals surface area contributed by atoms with Gasteiger partial charge in [0.15, 0.2) is 0 Å². The van der Waals surface area contributed by atoms with Crippen LogP contribution in [0.2, 0.25) is 5.02 Å². The average Bonchev–Trinajstić information content (AvgIpc) is 2.76. The lowest BCUT2D eigenvalue weighted by molar-refractivity contribution is -0.125. The molecule has 0 aliphatic carbocycles. The summed E-state index contributed by atoms with van der Waals surface area (Å²) in [5, 5.41) is 6.13. The molecule has 0 unspecified atom stereocenters. The van der Waals surface area contributed by atoms with Crippen LogP contribution in [0.15, 0.2) is 48.5 Å². The van der Waals surface area contributed by atoms with Crippen molar-refractivity contribution in [2.24, 2.45) is 0 Å². The minimum Gasteiger partial charge on any atom is -0.490 e. The number of nitrogens with one attached hydrogen (secondary N) is 2. The van der Waals surface area contributed by atoms with Crippen molar-refractivity contribution in [3.63, 3.8) is 0 Å². The normalized spacial score (nSPS) is 12.5. The van der Waals surface area contributed by atoms with Crippen LogP contribution < -0.4 is 20.3 Å². The summed E-state index contributed by atoms with van der Waals surface area (Å²) < 4.78 is 5.55. The molecule has 1 aliphatic rings. The smallest absolute Gasteiger partial charge is 0.227 e. The van der Waals surface area contributed by atoms with Crippen LogP contribution in [0, 0.1) is 0 Å². The van der Waals surface area contributed by atoms with E-state index in [2.05, 4.69) is 10.6 Å². The van der Waals surface area contributed by atoms with Gasteiger partial charge in [0.05, 0.1) is 12.2 Å². The van der Waals surface area contributed by atoms with Crippen LogP contribution in [-0.2, 0) is 14.4 Å². The molecule has 8 heteroatoms. The molecular weight excluding hydrogens is 406 g/mol. The Hall–Kier alpha value is -3.06. The average molecular weight is 430 g/mol. The lowest BCUT2D eigenvalue weighted by atomic mass is 10.2. The molecule has 0 bridgehead atoms. The maximum Gasteiger partial charge on any atom is 0.227 e. The number of hydrogen-bond acceptors (Lipinski definition) is 4. The number of nitrogens with zero attached hydrogens (tertiary/aromatic N) is 1. The van der Waals surface area contributed by atoms with Gasteiger partial charge in [-0.15, -0.1) is 0 Å². The Morgan fingerprint density at radius 3 is 2.53 bits per heavy atom. The number of para-hydroxylation sites is 2. The fraction of sp³-hybridized carbons (Fsp3) is 0.318. The first kappa shape index (κ1) is 21.6. The molecular formula is C22H24ClN3O4. The Balaban J connectivity index is 1.33. The first-order chi connectivity index (χ1) is 14.5. The van der Waals surface area contributed by atoms with E-state index in [0.717, 1.165) is 5.69 Å². The third kappa shape index (κ3) is 6.22. The number of ether oxygens (including phenoxy) is 1.